The van der Waals surface area contributed by atoms with Crippen molar-refractivity contribution in [1.29, 1.82) is 0 Å². The van der Waals surface area contributed by atoms with Crippen LogP contribution in [0.25, 0.3) is 0 Å². The topological polar surface area (TPSA) is 62.5 Å². The van der Waals surface area contributed by atoms with Gasteiger partial charge in [0.2, 0.25) is 0 Å². The minimum absolute atomic E-state index is 0.0253. The number of aliphatic hydroxyl groups excluding tert-OH is 1. The van der Waals surface area contributed by atoms with E-state index in [1.807, 2.05) is 26.8 Å². The third-order valence-electron chi connectivity index (χ3n) is 2.80. The van der Waals surface area contributed by atoms with Gasteiger partial charge in [0.15, 0.2) is 5.76 Å². The van der Waals surface area contributed by atoms with Crippen molar-refractivity contribution in [3.63, 3.8) is 0 Å². The molecular formula is C13H21NO3. The third-order valence-corrected chi connectivity index (χ3v) is 2.80. The Morgan fingerprint density at radius 2 is 2.18 bits per heavy atom. The first-order valence-corrected chi connectivity index (χ1v) is 6.08. The zero-order chi connectivity index (χ0) is 12.8. The second-order valence-corrected chi connectivity index (χ2v) is 4.46. The van der Waals surface area contributed by atoms with E-state index in [2.05, 4.69) is 5.32 Å². The average molecular weight is 239 g/mol. The maximum atomic E-state index is 11.9. The third kappa shape index (κ3) is 3.89. The van der Waals surface area contributed by atoms with E-state index < -0.39 is 0 Å². The number of carbonyl (C=O) groups excluding carboxylic acids is 1. The van der Waals surface area contributed by atoms with Gasteiger partial charge in [0.05, 0.1) is 0 Å². The Morgan fingerprint density at radius 3 is 2.65 bits per heavy atom. The summed E-state index contributed by atoms with van der Waals surface area (Å²) in [6.45, 7) is 6.07. The van der Waals surface area contributed by atoms with E-state index in [9.17, 15) is 4.79 Å². The minimum Gasteiger partial charge on any atom is -0.456 e. The molecule has 0 aromatic carbocycles. The molecule has 0 spiro atoms. The van der Waals surface area contributed by atoms with E-state index in [1.54, 1.807) is 6.07 Å². The number of nitrogens with one attached hydrogen (secondary N) is 1. The highest BCUT2D eigenvalue weighted by Crippen LogP contribution is 2.11. The van der Waals surface area contributed by atoms with Crippen LogP contribution in [0.5, 0.6) is 0 Å². The van der Waals surface area contributed by atoms with Gasteiger partial charge in [-0.15, -0.1) is 0 Å². The number of aliphatic hydroxyl groups is 1. The van der Waals surface area contributed by atoms with E-state index in [0.29, 0.717) is 12.2 Å². The van der Waals surface area contributed by atoms with Crippen molar-refractivity contribution < 1.29 is 14.3 Å². The van der Waals surface area contributed by atoms with Crippen molar-refractivity contribution in [3.05, 3.63) is 23.7 Å². The molecule has 0 saturated heterocycles. The van der Waals surface area contributed by atoms with Crippen LogP contribution in [0.1, 0.15) is 43.5 Å². The highest BCUT2D eigenvalue weighted by molar-refractivity contribution is 5.91. The average Bonchev–Trinajstić information content (AvgIpc) is 2.76. The molecule has 1 aromatic heterocycles. The summed E-state index contributed by atoms with van der Waals surface area (Å²) in [6.07, 6.45) is 1.34. The molecule has 0 fully saturated rings. The van der Waals surface area contributed by atoms with E-state index in [1.165, 1.54) is 0 Å². The molecule has 1 atom stereocenters. The molecule has 96 valence electrons. The SMILES string of the molecule is CCc1ccc(C(=O)NC(CCO)C(C)C)o1. The molecule has 1 aromatic rings. The fourth-order valence-electron chi connectivity index (χ4n) is 1.64. The minimum atomic E-state index is -0.211. The molecule has 4 heteroatoms. The second-order valence-electron chi connectivity index (χ2n) is 4.46. The molecule has 4 nitrogen and oxygen atoms in total. The highest BCUT2D eigenvalue weighted by atomic mass is 16.3. The van der Waals surface area contributed by atoms with Crippen molar-refractivity contribution in [2.45, 2.75) is 39.7 Å². The van der Waals surface area contributed by atoms with Gasteiger partial charge in [-0.3, -0.25) is 4.79 Å². The maximum Gasteiger partial charge on any atom is 0.287 e. The Bertz CT molecular complexity index is 357. The molecule has 1 heterocycles. The lowest BCUT2D eigenvalue weighted by atomic mass is 10.0. The molecule has 0 saturated carbocycles. The van der Waals surface area contributed by atoms with Crippen LogP contribution in [0.3, 0.4) is 0 Å². The first kappa shape index (κ1) is 13.8. The Labute approximate surface area is 102 Å². The summed E-state index contributed by atoms with van der Waals surface area (Å²) < 4.78 is 5.38. The van der Waals surface area contributed by atoms with Crippen LogP contribution in [0.15, 0.2) is 16.5 Å². The molecule has 1 unspecified atom stereocenters. The molecule has 0 aliphatic heterocycles. The molecule has 0 aliphatic rings. The second kappa shape index (κ2) is 6.45. The molecule has 2 N–H and O–H groups in total. The Morgan fingerprint density at radius 1 is 1.47 bits per heavy atom. The van der Waals surface area contributed by atoms with Gasteiger partial charge >= 0.3 is 0 Å². The zero-order valence-corrected chi connectivity index (χ0v) is 10.7. The summed E-state index contributed by atoms with van der Waals surface area (Å²) in [5, 5.41) is 11.8. The molecule has 0 bridgehead atoms. The van der Waals surface area contributed by atoms with E-state index in [0.717, 1.165) is 12.2 Å². The molecule has 1 amide bonds. The Balaban J connectivity index is 2.63. The molecule has 17 heavy (non-hydrogen) atoms. The van der Waals surface area contributed by atoms with Gasteiger partial charge in [0.25, 0.3) is 5.91 Å². The highest BCUT2D eigenvalue weighted by Gasteiger charge is 2.18. The Kier molecular flexibility index (Phi) is 5.22. The molecule has 1 rings (SSSR count). The lowest BCUT2D eigenvalue weighted by Gasteiger charge is -2.20. The smallest absolute Gasteiger partial charge is 0.287 e. The fourth-order valence-corrected chi connectivity index (χ4v) is 1.64. The molecule has 0 aliphatic carbocycles. The van der Waals surface area contributed by atoms with E-state index >= 15 is 0 Å². The predicted molar refractivity (Wildman–Crippen MR) is 65.9 cm³/mol. The molecular weight excluding hydrogens is 218 g/mol. The standard InChI is InChI=1S/C13H21NO3/c1-4-10-5-6-12(17-10)13(16)14-11(7-8-15)9(2)3/h5-6,9,11,15H,4,7-8H2,1-3H3,(H,14,16). The molecule has 0 radical (unpaired) electrons. The fraction of sp³-hybridized carbons (Fsp3) is 0.615. The van der Waals surface area contributed by atoms with Gasteiger partial charge in [-0.2, -0.15) is 0 Å². The first-order valence-electron chi connectivity index (χ1n) is 6.08. The van der Waals surface area contributed by atoms with Gasteiger partial charge in [0, 0.05) is 19.1 Å². The summed E-state index contributed by atoms with van der Waals surface area (Å²) in [5.41, 5.74) is 0. The summed E-state index contributed by atoms with van der Waals surface area (Å²) in [4.78, 5) is 11.9. The van der Waals surface area contributed by atoms with Crippen LogP contribution >= 0.6 is 0 Å². The van der Waals surface area contributed by atoms with Crippen molar-refractivity contribution in [3.8, 4) is 0 Å². The number of aryl methyl sites for hydroxylation is 1. The number of furan rings is 1. The summed E-state index contributed by atoms with van der Waals surface area (Å²) in [7, 11) is 0. The maximum absolute atomic E-state index is 11.9. The largest absolute Gasteiger partial charge is 0.456 e. The van der Waals surface area contributed by atoms with E-state index in [-0.39, 0.29) is 24.5 Å². The van der Waals surface area contributed by atoms with Crippen molar-refractivity contribution in [1.82, 2.24) is 5.32 Å². The van der Waals surface area contributed by atoms with Crippen LogP contribution in [0.2, 0.25) is 0 Å². The summed E-state index contributed by atoms with van der Waals surface area (Å²) in [6, 6.07) is 3.47. The van der Waals surface area contributed by atoms with Crippen LogP contribution in [-0.4, -0.2) is 23.7 Å². The first-order chi connectivity index (χ1) is 8.08. The number of carbonyl (C=O) groups is 1. The zero-order valence-electron chi connectivity index (χ0n) is 10.7. The monoisotopic (exact) mass is 239 g/mol. The number of rotatable bonds is 6. The van der Waals surface area contributed by atoms with Gasteiger partial charge in [-0.25, -0.2) is 0 Å². The van der Waals surface area contributed by atoms with Crippen LogP contribution < -0.4 is 5.32 Å². The van der Waals surface area contributed by atoms with Crippen LogP contribution in [0, 0.1) is 5.92 Å². The van der Waals surface area contributed by atoms with Gasteiger partial charge in [0.1, 0.15) is 5.76 Å². The predicted octanol–water partition coefficient (Wildman–Crippen LogP) is 1.98. The van der Waals surface area contributed by atoms with Crippen LogP contribution in [0.4, 0.5) is 0 Å². The lowest BCUT2D eigenvalue weighted by Crippen LogP contribution is -2.39. The summed E-state index contributed by atoms with van der Waals surface area (Å²) in [5.74, 6) is 1.22. The van der Waals surface area contributed by atoms with Gasteiger partial charge < -0.3 is 14.8 Å². The van der Waals surface area contributed by atoms with Crippen molar-refractivity contribution in [2.24, 2.45) is 5.92 Å². The lowest BCUT2D eigenvalue weighted by molar-refractivity contribution is 0.0886. The number of hydrogen-bond donors (Lipinski definition) is 2. The van der Waals surface area contributed by atoms with Gasteiger partial charge in [-0.05, 0) is 24.5 Å². The Hall–Kier alpha value is -1.29. The van der Waals surface area contributed by atoms with Crippen molar-refractivity contribution >= 4 is 5.91 Å². The number of amides is 1. The normalized spacial score (nSPS) is 12.8. The van der Waals surface area contributed by atoms with E-state index in [4.69, 9.17) is 9.52 Å². The number of hydrogen-bond acceptors (Lipinski definition) is 3. The summed E-state index contributed by atoms with van der Waals surface area (Å²) >= 11 is 0. The van der Waals surface area contributed by atoms with Crippen LogP contribution in [-0.2, 0) is 6.42 Å². The van der Waals surface area contributed by atoms with Crippen molar-refractivity contribution in [2.75, 3.05) is 6.61 Å². The quantitative estimate of drug-likeness (QED) is 0.798. The van der Waals surface area contributed by atoms with Gasteiger partial charge in [-0.1, -0.05) is 20.8 Å².